The minimum Gasteiger partial charge on any atom is -0.367 e. The Morgan fingerprint density at radius 1 is 1.47 bits per heavy atom. The van der Waals surface area contributed by atoms with E-state index in [9.17, 15) is 4.39 Å². The van der Waals surface area contributed by atoms with Crippen molar-refractivity contribution < 1.29 is 4.39 Å². The first-order valence-electron chi connectivity index (χ1n) is 6.14. The highest BCUT2D eigenvalue weighted by Gasteiger charge is 2.16. The highest BCUT2D eigenvalue weighted by molar-refractivity contribution is 7.09. The Morgan fingerprint density at radius 3 is 2.79 bits per heavy atom. The third-order valence-corrected chi connectivity index (χ3v) is 4.04. The molecule has 0 bridgehead atoms. The zero-order valence-corrected chi connectivity index (χ0v) is 12.2. The van der Waals surface area contributed by atoms with E-state index in [1.165, 1.54) is 6.07 Å². The Hall–Kier alpha value is -1.46. The standard InChI is InChI=1S/C14H18FN3S/c1-9(16)11-5-4-6-12(15)14(11)18(3)7-13-10(2)17-8-19-13/h4-6,8-9H,7,16H2,1-3H3/t9-/m0/s1. The molecule has 0 fully saturated rings. The summed E-state index contributed by atoms with van der Waals surface area (Å²) in [6.45, 7) is 4.47. The van der Waals surface area contributed by atoms with Crippen molar-refractivity contribution in [1.82, 2.24) is 4.98 Å². The monoisotopic (exact) mass is 279 g/mol. The molecule has 0 aliphatic rings. The van der Waals surface area contributed by atoms with Crippen molar-refractivity contribution in [1.29, 1.82) is 0 Å². The van der Waals surface area contributed by atoms with Crippen LogP contribution in [0.4, 0.5) is 10.1 Å². The van der Waals surface area contributed by atoms with Gasteiger partial charge in [-0.3, -0.25) is 0 Å². The van der Waals surface area contributed by atoms with E-state index in [0.717, 1.165) is 16.1 Å². The fourth-order valence-corrected chi connectivity index (χ4v) is 2.90. The average Bonchev–Trinajstić information content (AvgIpc) is 2.74. The topological polar surface area (TPSA) is 42.2 Å². The molecule has 0 unspecified atom stereocenters. The highest BCUT2D eigenvalue weighted by Crippen LogP contribution is 2.29. The van der Waals surface area contributed by atoms with Gasteiger partial charge in [0.05, 0.1) is 23.4 Å². The van der Waals surface area contributed by atoms with E-state index in [-0.39, 0.29) is 11.9 Å². The first kappa shape index (κ1) is 14.0. The molecule has 1 heterocycles. The van der Waals surface area contributed by atoms with Gasteiger partial charge in [-0.1, -0.05) is 12.1 Å². The van der Waals surface area contributed by atoms with Gasteiger partial charge in [0.25, 0.3) is 0 Å². The van der Waals surface area contributed by atoms with Crippen molar-refractivity contribution in [2.45, 2.75) is 26.4 Å². The van der Waals surface area contributed by atoms with Gasteiger partial charge in [-0.15, -0.1) is 11.3 Å². The minimum absolute atomic E-state index is 0.198. The summed E-state index contributed by atoms with van der Waals surface area (Å²) in [5, 5.41) is 0. The summed E-state index contributed by atoms with van der Waals surface area (Å²) in [4.78, 5) is 7.25. The molecule has 5 heteroatoms. The van der Waals surface area contributed by atoms with Gasteiger partial charge >= 0.3 is 0 Å². The summed E-state index contributed by atoms with van der Waals surface area (Å²) >= 11 is 1.59. The van der Waals surface area contributed by atoms with Crippen LogP contribution in [-0.2, 0) is 6.54 Å². The van der Waals surface area contributed by atoms with E-state index in [4.69, 9.17) is 5.73 Å². The predicted octanol–water partition coefficient (Wildman–Crippen LogP) is 3.25. The van der Waals surface area contributed by atoms with Crippen LogP contribution in [0.1, 0.15) is 29.1 Å². The number of hydrogen-bond donors (Lipinski definition) is 1. The second kappa shape index (κ2) is 5.67. The second-order valence-electron chi connectivity index (χ2n) is 4.68. The van der Waals surface area contributed by atoms with Crippen LogP contribution in [0.2, 0.25) is 0 Å². The lowest BCUT2D eigenvalue weighted by Crippen LogP contribution is -2.21. The lowest BCUT2D eigenvalue weighted by molar-refractivity contribution is 0.616. The summed E-state index contributed by atoms with van der Waals surface area (Å²) in [6.07, 6.45) is 0. The fourth-order valence-electron chi connectivity index (χ4n) is 2.07. The third-order valence-electron chi connectivity index (χ3n) is 3.12. The molecule has 2 aromatic rings. The number of anilines is 1. The second-order valence-corrected chi connectivity index (χ2v) is 5.62. The molecule has 0 aliphatic carbocycles. The number of thiazole rings is 1. The van der Waals surface area contributed by atoms with Gasteiger partial charge in [-0.05, 0) is 25.5 Å². The molecule has 0 saturated carbocycles. The van der Waals surface area contributed by atoms with E-state index in [2.05, 4.69) is 4.98 Å². The number of aromatic nitrogens is 1. The molecule has 1 aromatic carbocycles. The molecule has 102 valence electrons. The highest BCUT2D eigenvalue weighted by atomic mass is 32.1. The van der Waals surface area contributed by atoms with E-state index in [0.29, 0.717) is 12.2 Å². The summed E-state index contributed by atoms with van der Waals surface area (Å²) < 4.78 is 14.1. The van der Waals surface area contributed by atoms with Crippen LogP contribution >= 0.6 is 11.3 Å². The quantitative estimate of drug-likeness (QED) is 0.934. The first-order valence-corrected chi connectivity index (χ1v) is 7.02. The molecule has 19 heavy (non-hydrogen) atoms. The summed E-state index contributed by atoms with van der Waals surface area (Å²) in [7, 11) is 1.88. The first-order chi connectivity index (χ1) is 9.00. The summed E-state index contributed by atoms with van der Waals surface area (Å²) in [5.74, 6) is -0.237. The molecule has 0 radical (unpaired) electrons. The van der Waals surface area contributed by atoms with Crippen LogP contribution in [0.3, 0.4) is 0 Å². The average molecular weight is 279 g/mol. The van der Waals surface area contributed by atoms with E-state index in [1.54, 1.807) is 17.4 Å². The normalized spacial score (nSPS) is 12.5. The Labute approximate surface area is 116 Å². The van der Waals surface area contributed by atoms with Crippen LogP contribution < -0.4 is 10.6 Å². The molecule has 0 saturated heterocycles. The Morgan fingerprint density at radius 2 is 2.21 bits per heavy atom. The van der Waals surface area contributed by atoms with Crippen molar-refractivity contribution >= 4 is 17.0 Å². The SMILES string of the molecule is Cc1ncsc1CN(C)c1c(F)cccc1[C@H](C)N. The van der Waals surface area contributed by atoms with Crippen molar-refractivity contribution in [3.05, 3.63) is 45.7 Å². The molecule has 1 atom stereocenters. The number of hydrogen-bond acceptors (Lipinski definition) is 4. The van der Waals surface area contributed by atoms with Gasteiger partial charge in [-0.2, -0.15) is 0 Å². The molecule has 3 nitrogen and oxygen atoms in total. The number of aryl methyl sites for hydroxylation is 1. The van der Waals surface area contributed by atoms with Crippen LogP contribution in [0.15, 0.2) is 23.7 Å². The van der Waals surface area contributed by atoms with Crippen molar-refractivity contribution in [2.24, 2.45) is 5.73 Å². The van der Waals surface area contributed by atoms with Crippen LogP contribution in [0.25, 0.3) is 0 Å². The lowest BCUT2D eigenvalue weighted by atomic mass is 10.1. The van der Waals surface area contributed by atoms with Crippen molar-refractivity contribution in [2.75, 3.05) is 11.9 Å². The molecular formula is C14H18FN3S. The Bertz CT molecular complexity index is 566. The number of para-hydroxylation sites is 1. The third kappa shape index (κ3) is 2.93. The van der Waals surface area contributed by atoms with Crippen LogP contribution in [-0.4, -0.2) is 12.0 Å². The van der Waals surface area contributed by atoms with Gasteiger partial charge < -0.3 is 10.6 Å². The van der Waals surface area contributed by atoms with Crippen LogP contribution in [0, 0.1) is 12.7 Å². The molecule has 0 amide bonds. The van der Waals surface area contributed by atoms with E-state index >= 15 is 0 Å². The largest absolute Gasteiger partial charge is 0.367 e. The van der Waals surface area contributed by atoms with Gasteiger partial charge in [0.2, 0.25) is 0 Å². The smallest absolute Gasteiger partial charge is 0.146 e. The number of nitrogens with two attached hydrogens (primary N) is 1. The molecule has 0 spiro atoms. The van der Waals surface area contributed by atoms with Crippen LogP contribution in [0.5, 0.6) is 0 Å². The zero-order valence-electron chi connectivity index (χ0n) is 11.4. The van der Waals surface area contributed by atoms with Gasteiger partial charge in [-0.25, -0.2) is 9.37 Å². The lowest BCUT2D eigenvalue weighted by Gasteiger charge is -2.24. The summed E-state index contributed by atoms with van der Waals surface area (Å²) in [6, 6.07) is 4.84. The van der Waals surface area contributed by atoms with Crippen molar-refractivity contribution in [3.63, 3.8) is 0 Å². The number of halogens is 1. The molecule has 1 aromatic heterocycles. The minimum atomic E-state index is -0.237. The number of benzene rings is 1. The number of rotatable bonds is 4. The Balaban J connectivity index is 2.33. The van der Waals surface area contributed by atoms with Gasteiger partial charge in [0.1, 0.15) is 5.82 Å². The number of nitrogens with zero attached hydrogens (tertiary/aromatic N) is 2. The van der Waals surface area contributed by atoms with Gasteiger partial charge in [0, 0.05) is 18.0 Å². The predicted molar refractivity (Wildman–Crippen MR) is 78.0 cm³/mol. The molecule has 2 rings (SSSR count). The Kier molecular flexibility index (Phi) is 4.17. The maximum atomic E-state index is 14.1. The maximum absolute atomic E-state index is 14.1. The van der Waals surface area contributed by atoms with Crippen molar-refractivity contribution in [3.8, 4) is 0 Å². The summed E-state index contributed by atoms with van der Waals surface area (Å²) in [5.41, 5.74) is 10.1. The van der Waals surface area contributed by atoms with E-state index < -0.39 is 0 Å². The van der Waals surface area contributed by atoms with Gasteiger partial charge in [0.15, 0.2) is 0 Å². The fraction of sp³-hybridized carbons (Fsp3) is 0.357. The zero-order chi connectivity index (χ0) is 14.0. The molecule has 0 aliphatic heterocycles. The maximum Gasteiger partial charge on any atom is 0.146 e. The van der Waals surface area contributed by atoms with E-state index in [1.807, 2.05) is 37.4 Å². The molecule has 2 N–H and O–H groups in total. The molecular weight excluding hydrogens is 261 g/mol.